The lowest BCUT2D eigenvalue weighted by molar-refractivity contribution is -0.124. The average Bonchev–Trinajstić information content (AvgIpc) is 3.49. The molecule has 0 radical (unpaired) electrons. The summed E-state index contributed by atoms with van der Waals surface area (Å²) >= 11 is 0. The molecule has 6 rings (SSSR count). The first-order chi connectivity index (χ1) is 19.4. The Labute approximate surface area is 239 Å². The Hall–Kier alpha value is -2.15. The Balaban J connectivity index is 1.16. The molecular formula is C33H49FN4O2. The predicted octanol–water partition coefficient (Wildman–Crippen LogP) is 5.86. The van der Waals surface area contributed by atoms with Crippen LogP contribution in [0.25, 0.3) is 0 Å². The molecule has 6 nitrogen and oxygen atoms in total. The predicted molar refractivity (Wildman–Crippen MR) is 157 cm³/mol. The van der Waals surface area contributed by atoms with Crippen molar-refractivity contribution in [3.8, 4) is 0 Å². The summed E-state index contributed by atoms with van der Waals surface area (Å²) in [5, 5.41) is 10.3. The molecule has 220 valence electrons. The number of nitrogens with zero attached hydrogens (tertiary/aromatic N) is 1. The third-order valence-electron chi connectivity index (χ3n) is 11.2. The van der Waals surface area contributed by atoms with Crippen molar-refractivity contribution >= 4 is 17.5 Å². The second-order valence-corrected chi connectivity index (χ2v) is 13.7. The number of halogens is 1. The fourth-order valence-corrected chi connectivity index (χ4v) is 8.90. The number of hydrogen-bond acceptors (Lipinski definition) is 4. The number of fused-ring (bicyclic) bond motifs is 2. The summed E-state index contributed by atoms with van der Waals surface area (Å²) in [5.74, 6) is 0.114. The maximum Gasteiger partial charge on any atom is 0.243 e. The summed E-state index contributed by atoms with van der Waals surface area (Å²) in [6.07, 6.45) is 17.9. The van der Waals surface area contributed by atoms with Crippen LogP contribution < -0.4 is 16.0 Å². The Morgan fingerprint density at radius 3 is 2.33 bits per heavy atom. The highest BCUT2D eigenvalue weighted by atomic mass is 19.1. The van der Waals surface area contributed by atoms with Crippen LogP contribution in [0.2, 0.25) is 0 Å². The fraction of sp³-hybridized carbons (Fsp3) is 0.758. The van der Waals surface area contributed by atoms with Crippen molar-refractivity contribution in [3.63, 3.8) is 0 Å². The molecule has 2 spiro atoms. The number of likely N-dealkylation sites (tertiary alicyclic amines) is 1. The van der Waals surface area contributed by atoms with Gasteiger partial charge in [0.2, 0.25) is 11.8 Å². The first-order valence-corrected chi connectivity index (χ1v) is 16.3. The van der Waals surface area contributed by atoms with E-state index < -0.39 is 11.5 Å². The molecule has 3 aliphatic heterocycles. The number of rotatable bonds is 3. The van der Waals surface area contributed by atoms with Gasteiger partial charge in [0, 0.05) is 53.8 Å². The molecule has 3 atom stereocenters. The number of amides is 2. The van der Waals surface area contributed by atoms with Crippen LogP contribution in [0.1, 0.15) is 120 Å². The smallest absolute Gasteiger partial charge is 0.243 e. The molecule has 1 aromatic carbocycles. The van der Waals surface area contributed by atoms with Crippen molar-refractivity contribution in [2.75, 3.05) is 18.4 Å². The van der Waals surface area contributed by atoms with E-state index in [1.165, 1.54) is 25.7 Å². The minimum Gasteiger partial charge on any atom is -0.372 e. The Morgan fingerprint density at radius 1 is 0.950 bits per heavy atom. The molecule has 2 saturated heterocycles. The highest BCUT2D eigenvalue weighted by Crippen LogP contribution is 2.51. The highest BCUT2D eigenvalue weighted by Gasteiger charge is 2.52. The van der Waals surface area contributed by atoms with Crippen LogP contribution in [0.4, 0.5) is 10.1 Å². The van der Waals surface area contributed by atoms with E-state index in [4.69, 9.17) is 0 Å². The Bertz CT molecular complexity index is 1090. The molecule has 1 aromatic rings. The van der Waals surface area contributed by atoms with Crippen molar-refractivity contribution in [3.05, 3.63) is 29.1 Å². The summed E-state index contributed by atoms with van der Waals surface area (Å²) in [7, 11) is 0. The van der Waals surface area contributed by atoms with Gasteiger partial charge in [0.25, 0.3) is 0 Å². The van der Waals surface area contributed by atoms with Gasteiger partial charge >= 0.3 is 0 Å². The van der Waals surface area contributed by atoms with Gasteiger partial charge in [-0.1, -0.05) is 51.0 Å². The van der Waals surface area contributed by atoms with E-state index in [9.17, 15) is 9.59 Å². The van der Waals surface area contributed by atoms with E-state index in [1.807, 2.05) is 13.0 Å². The van der Waals surface area contributed by atoms with E-state index in [0.29, 0.717) is 12.5 Å². The molecule has 7 heteroatoms. The average molecular weight is 553 g/mol. The van der Waals surface area contributed by atoms with Crippen molar-refractivity contribution in [2.45, 2.75) is 145 Å². The largest absolute Gasteiger partial charge is 0.372 e. The van der Waals surface area contributed by atoms with Crippen molar-refractivity contribution in [1.29, 1.82) is 0 Å². The number of carbonyl (C=O) groups is 2. The van der Waals surface area contributed by atoms with Crippen molar-refractivity contribution in [2.24, 2.45) is 0 Å². The van der Waals surface area contributed by atoms with E-state index in [0.717, 1.165) is 107 Å². The number of anilines is 1. The number of aryl methyl sites for hydroxylation is 1. The summed E-state index contributed by atoms with van der Waals surface area (Å²) in [6.45, 7) is 4.07. The zero-order valence-corrected chi connectivity index (χ0v) is 24.5. The lowest BCUT2D eigenvalue weighted by atomic mass is 9.68. The molecule has 2 unspecified atom stereocenters. The number of piperidine rings is 1. The van der Waals surface area contributed by atoms with Gasteiger partial charge in [-0.2, -0.15) is 0 Å². The zero-order valence-electron chi connectivity index (χ0n) is 24.5. The lowest BCUT2D eigenvalue weighted by Gasteiger charge is -2.45. The molecule has 0 bridgehead atoms. The van der Waals surface area contributed by atoms with Gasteiger partial charge in [-0.25, -0.2) is 4.39 Å². The SMILES string of the molecule is Cc1ccc(F)c2c1NC(C(=O)N[C@@H]1CCCC(N3CCC4(CCC(=O)N4)CC3)C1)C21CCCCCCCCC1. The van der Waals surface area contributed by atoms with Crippen molar-refractivity contribution < 1.29 is 14.0 Å². The maximum atomic E-state index is 15.6. The number of nitrogens with one attached hydrogen (secondary N) is 3. The quantitative estimate of drug-likeness (QED) is 0.439. The molecule has 4 fully saturated rings. The van der Waals surface area contributed by atoms with Gasteiger partial charge in [-0.3, -0.25) is 9.59 Å². The van der Waals surface area contributed by atoms with Crippen LogP contribution in [0.5, 0.6) is 0 Å². The minimum atomic E-state index is -0.478. The standard InChI is InChI=1S/C33H49FN4O2/c1-23-12-13-26(34)28-29(23)36-30(33(28)15-7-5-3-2-4-6-8-16-33)31(40)35-24-10-9-11-25(22-24)38-20-18-32(19-21-38)17-14-27(39)37-32/h12-13,24-25,30,36H,2-11,14-22H2,1H3,(H,35,40)(H,37,39)/t24-,25?,30?/m1/s1. The molecule has 5 aliphatic rings. The van der Waals surface area contributed by atoms with Crippen LogP contribution in [-0.4, -0.2) is 53.5 Å². The highest BCUT2D eigenvalue weighted by molar-refractivity contribution is 5.91. The molecule has 40 heavy (non-hydrogen) atoms. The molecule has 2 amide bonds. The lowest BCUT2D eigenvalue weighted by Crippen LogP contribution is -2.56. The van der Waals surface area contributed by atoms with Crippen LogP contribution in [0, 0.1) is 12.7 Å². The summed E-state index contributed by atoms with van der Waals surface area (Å²) in [5.41, 5.74) is 2.21. The van der Waals surface area contributed by atoms with Gasteiger partial charge in [-0.15, -0.1) is 0 Å². The monoisotopic (exact) mass is 552 g/mol. The van der Waals surface area contributed by atoms with Gasteiger partial charge < -0.3 is 20.9 Å². The Kier molecular flexibility index (Phi) is 8.13. The molecule has 0 aromatic heterocycles. The Morgan fingerprint density at radius 2 is 1.65 bits per heavy atom. The third-order valence-corrected chi connectivity index (χ3v) is 11.2. The summed E-state index contributed by atoms with van der Waals surface area (Å²) < 4.78 is 15.6. The third kappa shape index (κ3) is 5.39. The molecule has 2 saturated carbocycles. The van der Waals surface area contributed by atoms with E-state index in [1.54, 1.807) is 6.07 Å². The van der Waals surface area contributed by atoms with E-state index in [-0.39, 0.29) is 29.2 Å². The minimum absolute atomic E-state index is 0.0240. The maximum absolute atomic E-state index is 15.6. The van der Waals surface area contributed by atoms with Gasteiger partial charge in [0.1, 0.15) is 11.9 Å². The summed E-state index contributed by atoms with van der Waals surface area (Å²) in [6, 6.07) is 3.67. The molecule has 2 aliphatic carbocycles. The van der Waals surface area contributed by atoms with Crippen LogP contribution in [-0.2, 0) is 15.0 Å². The fourth-order valence-electron chi connectivity index (χ4n) is 8.90. The van der Waals surface area contributed by atoms with Gasteiger partial charge in [-0.05, 0) is 76.3 Å². The number of carbonyl (C=O) groups excluding carboxylic acids is 2. The second-order valence-electron chi connectivity index (χ2n) is 13.7. The number of hydrogen-bond donors (Lipinski definition) is 3. The summed E-state index contributed by atoms with van der Waals surface area (Å²) in [4.78, 5) is 28.6. The van der Waals surface area contributed by atoms with Gasteiger partial charge in [0.15, 0.2) is 0 Å². The van der Waals surface area contributed by atoms with Crippen molar-refractivity contribution in [1.82, 2.24) is 15.5 Å². The van der Waals surface area contributed by atoms with E-state index >= 15 is 4.39 Å². The van der Waals surface area contributed by atoms with Crippen LogP contribution in [0.3, 0.4) is 0 Å². The topological polar surface area (TPSA) is 73.5 Å². The molecular weight excluding hydrogens is 503 g/mol. The normalized spacial score (nSPS) is 30.4. The van der Waals surface area contributed by atoms with Crippen LogP contribution in [0.15, 0.2) is 12.1 Å². The van der Waals surface area contributed by atoms with E-state index in [2.05, 4.69) is 20.9 Å². The first-order valence-electron chi connectivity index (χ1n) is 16.3. The molecule has 3 N–H and O–H groups in total. The first kappa shape index (κ1) is 28.0. The zero-order chi connectivity index (χ0) is 27.7. The van der Waals surface area contributed by atoms with Crippen LogP contribution >= 0.6 is 0 Å². The molecule has 3 heterocycles. The van der Waals surface area contributed by atoms with Gasteiger partial charge in [0.05, 0.1) is 0 Å². The second kappa shape index (κ2) is 11.6. The number of benzene rings is 1.